The molecule has 32 heavy (non-hydrogen) atoms. The molecule has 160 valence electrons. The number of aromatic nitrogens is 3. The summed E-state index contributed by atoms with van der Waals surface area (Å²) in [5.41, 5.74) is 2.55. The van der Waals surface area contributed by atoms with E-state index in [1.54, 1.807) is 12.1 Å². The molecule has 0 aliphatic heterocycles. The minimum Gasteiger partial charge on any atom is -0.351 e. The van der Waals surface area contributed by atoms with Crippen LogP contribution >= 0.6 is 11.8 Å². The average Bonchev–Trinajstić information content (AvgIpc) is 3.26. The predicted molar refractivity (Wildman–Crippen MR) is 122 cm³/mol. The molecular formula is C23H19N5O3S. The number of thioether (sulfide) groups is 1. The molecule has 0 atom stereocenters. The summed E-state index contributed by atoms with van der Waals surface area (Å²) in [5, 5.41) is 23.0. The van der Waals surface area contributed by atoms with Crippen molar-refractivity contribution in [3.63, 3.8) is 0 Å². The molecule has 4 rings (SSSR count). The van der Waals surface area contributed by atoms with Crippen molar-refractivity contribution >= 4 is 23.4 Å². The minimum atomic E-state index is -0.443. The minimum absolute atomic E-state index is 0.00390. The van der Waals surface area contributed by atoms with E-state index in [1.165, 1.54) is 23.9 Å². The lowest BCUT2D eigenvalue weighted by molar-refractivity contribution is -0.384. The Labute approximate surface area is 188 Å². The number of carbonyl (C=O) groups is 1. The Morgan fingerprint density at radius 2 is 1.59 bits per heavy atom. The number of non-ortho nitro benzene ring substituents is 1. The number of nitrogens with zero attached hydrogens (tertiary/aromatic N) is 4. The maximum Gasteiger partial charge on any atom is 0.269 e. The Bertz CT molecular complexity index is 1210. The van der Waals surface area contributed by atoms with Crippen LogP contribution in [0.3, 0.4) is 0 Å². The average molecular weight is 446 g/mol. The van der Waals surface area contributed by atoms with Crippen molar-refractivity contribution in [2.24, 2.45) is 0 Å². The molecule has 0 saturated carbocycles. The van der Waals surface area contributed by atoms with Crippen LogP contribution in [0.15, 0.2) is 90.1 Å². The van der Waals surface area contributed by atoms with Gasteiger partial charge in [0.2, 0.25) is 5.91 Å². The molecule has 0 fully saturated rings. The normalized spacial score (nSPS) is 10.6. The number of benzene rings is 3. The van der Waals surface area contributed by atoms with Gasteiger partial charge in [0.05, 0.1) is 10.7 Å². The Kier molecular flexibility index (Phi) is 6.57. The molecule has 1 amide bonds. The highest BCUT2D eigenvalue weighted by molar-refractivity contribution is 7.99. The van der Waals surface area contributed by atoms with E-state index in [-0.39, 0.29) is 17.3 Å². The molecule has 0 aliphatic rings. The van der Waals surface area contributed by atoms with Gasteiger partial charge >= 0.3 is 0 Å². The van der Waals surface area contributed by atoms with Crippen LogP contribution in [0.2, 0.25) is 0 Å². The molecule has 0 radical (unpaired) electrons. The summed E-state index contributed by atoms with van der Waals surface area (Å²) in [4.78, 5) is 22.9. The summed E-state index contributed by atoms with van der Waals surface area (Å²) in [6, 6.07) is 25.4. The van der Waals surface area contributed by atoms with Gasteiger partial charge in [-0.1, -0.05) is 60.3 Å². The lowest BCUT2D eigenvalue weighted by atomic mass is 10.2. The third kappa shape index (κ3) is 5.01. The maximum atomic E-state index is 12.4. The number of carbonyl (C=O) groups excluding carboxylic acids is 1. The van der Waals surface area contributed by atoms with E-state index in [2.05, 4.69) is 15.5 Å². The topological polar surface area (TPSA) is 103 Å². The van der Waals surface area contributed by atoms with Crippen LogP contribution in [0.5, 0.6) is 0 Å². The second kappa shape index (κ2) is 9.88. The molecule has 0 aliphatic carbocycles. The van der Waals surface area contributed by atoms with E-state index < -0.39 is 4.92 Å². The van der Waals surface area contributed by atoms with Crippen LogP contribution < -0.4 is 5.32 Å². The second-order valence-electron chi connectivity index (χ2n) is 6.83. The molecule has 8 nitrogen and oxygen atoms in total. The molecule has 9 heteroatoms. The number of hydrogen-bond acceptors (Lipinski definition) is 6. The monoisotopic (exact) mass is 445 g/mol. The number of hydrogen-bond donors (Lipinski definition) is 1. The number of amides is 1. The van der Waals surface area contributed by atoms with Crippen molar-refractivity contribution in [1.82, 2.24) is 20.1 Å². The number of nitrogens with one attached hydrogen (secondary N) is 1. The fraction of sp³-hybridized carbons (Fsp3) is 0.0870. The highest BCUT2D eigenvalue weighted by atomic mass is 32.2. The first-order valence-electron chi connectivity index (χ1n) is 9.81. The lowest BCUT2D eigenvalue weighted by Gasteiger charge is -2.10. The summed E-state index contributed by atoms with van der Waals surface area (Å²) in [6.45, 7) is 0.458. The first-order valence-corrected chi connectivity index (χ1v) is 10.8. The summed E-state index contributed by atoms with van der Waals surface area (Å²) in [7, 11) is 0. The highest BCUT2D eigenvalue weighted by Gasteiger charge is 2.18. The molecule has 3 aromatic carbocycles. The summed E-state index contributed by atoms with van der Waals surface area (Å²) in [6.07, 6.45) is 0. The molecule has 1 heterocycles. The number of para-hydroxylation sites is 1. The molecule has 4 aromatic rings. The third-order valence-electron chi connectivity index (χ3n) is 4.65. The molecule has 1 aromatic heterocycles. The fourth-order valence-electron chi connectivity index (χ4n) is 3.07. The number of nitro benzene ring substituents is 1. The van der Waals surface area contributed by atoms with Gasteiger partial charge < -0.3 is 5.32 Å². The number of nitro groups is 1. The molecule has 0 saturated heterocycles. The Hall–Kier alpha value is -3.98. The Morgan fingerprint density at radius 3 is 2.25 bits per heavy atom. The molecule has 1 N–H and O–H groups in total. The van der Waals surface area contributed by atoms with Gasteiger partial charge in [0.1, 0.15) is 0 Å². The van der Waals surface area contributed by atoms with E-state index in [1.807, 2.05) is 65.2 Å². The quantitative estimate of drug-likeness (QED) is 0.247. The summed E-state index contributed by atoms with van der Waals surface area (Å²) < 4.78 is 1.84. The van der Waals surface area contributed by atoms with Crippen LogP contribution in [0, 0.1) is 10.1 Å². The summed E-state index contributed by atoms with van der Waals surface area (Å²) in [5.74, 6) is 0.606. The van der Waals surface area contributed by atoms with Gasteiger partial charge in [-0.05, 0) is 29.8 Å². The van der Waals surface area contributed by atoms with Crippen LogP contribution in [-0.4, -0.2) is 31.3 Å². The smallest absolute Gasteiger partial charge is 0.269 e. The lowest BCUT2D eigenvalue weighted by Crippen LogP contribution is -2.24. The second-order valence-corrected chi connectivity index (χ2v) is 7.77. The van der Waals surface area contributed by atoms with Crippen molar-refractivity contribution in [2.45, 2.75) is 11.7 Å². The standard InChI is InChI=1S/C23H19N5O3S/c29-21(24-15-17-7-3-1-4-8-17)16-32-23-26-25-22(27(23)19-9-5-2-6-10-19)18-11-13-20(14-12-18)28(30)31/h1-14H,15-16H2,(H,24,29). The van der Waals surface area contributed by atoms with Gasteiger partial charge in [0, 0.05) is 29.9 Å². The van der Waals surface area contributed by atoms with Crippen LogP contribution in [0.25, 0.3) is 17.1 Å². The first kappa shape index (κ1) is 21.3. The van der Waals surface area contributed by atoms with Gasteiger partial charge in [-0.3, -0.25) is 19.5 Å². The van der Waals surface area contributed by atoms with Gasteiger partial charge in [-0.15, -0.1) is 10.2 Å². The molecule has 0 bridgehead atoms. The zero-order chi connectivity index (χ0) is 22.3. The van der Waals surface area contributed by atoms with E-state index in [9.17, 15) is 14.9 Å². The zero-order valence-electron chi connectivity index (χ0n) is 16.9. The van der Waals surface area contributed by atoms with E-state index >= 15 is 0 Å². The van der Waals surface area contributed by atoms with E-state index in [0.717, 1.165) is 11.3 Å². The van der Waals surface area contributed by atoms with Crippen LogP contribution in [0.4, 0.5) is 5.69 Å². The SMILES string of the molecule is O=C(CSc1nnc(-c2ccc([N+](=O)[O-])cc2)n1-c1ccccc1)NCc1ccccc1. The van der Waals surface area contributed by atoms with Crippen molar-refractivity contribution < 1.29 is 9.72 Å². The number of rotatable bonds is 8. The Morgan fingerprint density at radius 1 is 0.938 bits per heavy atom. The highest BCUT2D eigenvalue weighted by Crippen LogP contribution is 2.28. The molecule has 0 spiro atoms. The van der Waals surface area contributed by atoms with E-state index in [0.29, 0.717) is 23.1 Å². The van der Waals surface area contributed by atoms with Crippen molar-refractivity contribution in [2.75, 3.05) is 5.75 Å². The van der Waals surface area contributed by atoms with Gasteiger partial charge in [-0.25, -0.2) is 0 Å². The van der Waals surface area contributed by atoms with Gasteiger partial charge in [0.25, 0.3) is 5.69 Å². The van der Waals surface area contributed by atoms with Crippen LogP contribution in [0.1, 0.15) is 5.56 Å². The maximum absolute atomic E-state index is 12.4. The van der Waals surface area contributed by atoms with Crippen molar-refractivity contribution in [3.05, 3.63) is 101 Å². The predicted octanol–water partition coefficient (Wildman–Crippen LogP) is 4.25. The third-order valence-corrected chi connectivity index (χ3v) is 5.58. The van der Waals surface area contributed by atoms with Crippen molar-refractivity contribution in [3.8, 4) is 17.1 Å². The largest absolute Gasteiger partial charge is 0.351 e. The van der Waals surface area contributed by atoms with Crippen molar-refractivity contribution in [1.29, 1.82) is 0 Å². The zero-order valence-corrected chi connectivity index (χ0v) is 17.7. The van der Waals surface area contributed by atoms with Gasteiger partial charge in [-0.2, -0.15) is 0 Å². The molecule has 0 unspecified atom stereocenters. The molecular weight excluding hydrogens is 426 g/mol. The fourth-order valence-corrected chi connectivity index (χ4v) is 3.85. The van der Waals surface area contributed by atoms with Gasteiger partial charge in [0.15, 0.2) is 11.0 Å². The Balaban J connectivity index is 1.54. The van der Waals surface area contributed by atoms with Crippen LogP contribution in [-0.2, 0) is 11.3 Å². The first-order chi connectivity index (χ1) is 15.6. The summed E-state index contributed by atoms with van der Waals surface area (Å²) >= 11 is 1.28. The van der Waals surface area contributed by atoms with E-state index in [4.69, 9.17) is 0 Å².